The summed E-state index contributed by atoms with van der Waals surface area (Å²) in [6, 6.07) is 14.8. The van der Waals surface area contributed by atoms with Crippen molar-refractivity contribution in [2.45, 2.75) is 70.2 Å². The smallest absolute Gasteiger partial charge is 0.253 e. The summed E-state index contributed by atoms with van der Waals surface area (Å²) in [7, 11) is 0. The van der Waals surface area contributed by atoms with Crippen molar-refractivity contribution >= 4 is 23.4 Å². The van der Waals surface area contributed by atoms with Gasteiger partial charge < -0.3 is 24.5 Å². The summed E-state index contributed by atoms with van der Waals surface area (Å²) in [5.41, 5.74) is 1.69. The van der Waals surface area contributed by atoms with E-state index in [-0.39, 0.29) is 30.9 Å². The third kappa shape index (κ3) is 5.39. The number of anilines is 1. The molecule has 3 amide bonds. The zero-order valence-electron chi connectivity index (χ0n) is 26.2. The second kappa shape index (κ2) is 12.7. The highest BCUT2D eigenvalue weighted by atomic mass is 16.5. The van der Waals surface area contributed by atoms with E-state index < -0.39 is 29.1 Å². The first kappa shape index (κ1) is 31.7. The second-order valence-corrected chi connectivity index (χ2v) is 12.7. The molecular formula is C36H45N3O5. The molecule has 5 rings (SSSR count). The molecule has 3 saturated heterocycles. The van der Waals surface area contributed by atoms with E-state index in [9.17, 15) is 19.5 Å². The maximum atomic E-state index is 14.8. The highest BCUT2D eigenvalue weighted by Crippen LogP contribution is 2.63. The number of benzene rings is 2. The predicted molar refractivity (Wildman–Crippen MR) is 171 cm³/mol. The van der Waals surface area contributed by atoms with Crippen molar-refractivity contribution in [2.75, 3.05) is 31.1 Å². The Hall–Kier alpha value is -3.75. The van der Waals surface area contributed by atoms with E-state index in [1.165, 1.54) is 0 Å². The van der Waals surface area contributed by atoms with E-state index in [1.807, 2.05) is 69.3 Å². The fraction of sp³-hybridized carbons (Fsp3) is 0.472. The maximum Gasteiger partial charge on any atom is 0.253 e. The summed E-state index contributed by atoms with van der Waals surface area (Å²) in [5, 5.41) is 9.52. The molecule has 2 aromatic rings. The largest absolute Gasteiger partial charge is 0.396 e. The van der Waals surface area contributed by atoms with Crippen LogP contribution in [0.4, 0.5) is 5.69 Å². The molecule has 2 unspecified atom stereocenters. The molecule has 0 radical (unpaired) electrons. The van der Waals surface area contributed by atoms with Gasteiger partial charge in [-0.3, -0.25) is 14.4 Å². The Labute approximate surface area is 261 Å². The van der Waals surface area contributed by atoms with Gasteiger partial charge in [-0.1, -0.05) is 54.6 Å². The average Bonchev–Trinajstić information content (AvgIpc) is 3.57. The van der Waals surface area contributed by atoms with Crippen molar-refractivity contribution in [3.63, 3.8) is 0 Å². The highest BCUT2D eigenvalue weighted by molar-refractivity contribution is 6.05. The fourth-order valence-corrected chi connectivity index (χ4v) is 7.70. The van der Waals surface area contributed by atoms with Crippen LogP contribution in [-0.2, 0) is 25.7 Å². The van der Waals surface area contributed by atoms with Crippen LogP contribution < -0.4 is 4.90 Å². The van der Waals surface area contributed by atoms with Crippen LogP contribution in [0.1, 0.15) is 49.3 Å². The second-order valence-electron chi connectivity index (χ2n) is 12.7. The molecule has 0 aliphatic carbocycles. The van der Waals surface area contributed by atoms with Crippen molar-refractivity contribution in [1.82, 2.24) is 9.80 Å². The van der Waals surface area contributed by atoms with E-state index >= 15 is 0 Å². The summed E-state index contributed by atoms with van der Waals surface area (Å²) in [4.78, 5) is 48.9. The summed E-state index contributed by atoms with van der Waals surface area (Å²) in [6.45, 7) is 14.9. The normalized spacial score (nSPS) is 26.9. The van der Waals surface area contributed by atoms with Crippen LogP contribution in [0.2, 0.25) is 0 Å². The van der Waals surface area contributed by atoms with Gasteiger partial charge in [-0.2, -0.15) is 0 Å². The first-order valence-corrected chi connectivity index (χ1v) is 15.7. The number of nitrogens with zero attached hydrogens (tertiary/aromatic N) is 3. The topological polar surface area (TPSA) is 90.4 Å². The van der Waals surface area contributed by atoms with Crippen molar-refractivity contribution in [3.8, 4) is 0 Å². The Bertz CT molecular complexity index is 1430. The van der Waals surface area contributed by atoms with Gasteiger partial charge in [0.15, 0.2) is 0 Å². The molecule has 3 aliphatic heterocycles. The van der Waals surface area contributed by atoms with Crippen LogP contribution in [0.25, 0.3) is 0 Å². The Kier molecular flexibility index (Phi) is 9.14. The lowest BCUT2D eigenvalue weighted by atomic mass is 9.66. The molecule has 0 saturated carbocycles. The number of amides is 3. The van der Waals surface area contributed by atoms with Gasteiger partial charge in [-0.15, -0.1) is 13.2 Å². The number of ether oxygens (including phenoxy) is 1. The lowest BCUT2D eigenvalue weighted by molar-refractivity contribution is -0.150. The SMILES string of the molecule is C=CCN(Cc1ccccc1)C(=O)[C@@H]1[C@H]2C(=O)N(CCCCO)C(C(=O)N(CC=C)c3cc(C)ccc3C)C23CC[C@@]1(C)O3. The standard InChI is InChI=1S/C36H45N3O5/c1-6-19-37(24-27-13-9-8-10-14-27)32(41)29-30-33(42)39(21-11-12-22-40)31(36(30)18-17-35(29,5)44-36)34(43)38(20-7-2)28-23-25(3)15-16-26(28)4/h6-10,13-16,23,29-31,40H,1-2,11-12,17-22,24H2,3-5H3/t29-,30-,31?,35+,36?/m0/s1. The number of unbranched alkanes of at least 4 members (excludes halogenated alkanes) is 1. The molecule has 3 fully saturated rings. The van der Waals surface area contributed by atoms with Crippen LogP contribution in [0.3, 0.4) is 0 Å². The lowest BCUT2D eigenvalue weighted by Gasteiger charge is -2.37. The zero-order valence-corrected chi connectivity index (χ0v) is 26.2. The molecule has 8 nitrogen and oxygen atoms in total. The molecule has 8 heteroatoms. The van der Waals surface area contributed by atoms with Crippen LogP contribution >= 0.6 is 0 Å². The number of fused-ring (bicyclic) bond motifs is 1. The molecular weight excluding hydrogens is 554 g/mol. The molecule has 0 aromatic heterocycles. The molecule has 1 spiro atoms. The number of aryl methyl sites for hydroxylation is 2. The predicted octanol–water partition coefficient (Wildman–Crippen LogP) is 4.57. The van der Waals surface area contributed by atoms with Gasteiger partial charge in [-0.25, -0.2) is 0 Å². The molecule has 2 aromatic carbocycles. The number of hydrogen-bond donors (Lipinski definition) is 1. The minimum absolute atomic E-state index is 0.00796. The van der Waals surface area contributed by atoms with Gasteiger partial charge in [0.1, 0.15) is 11.6 Å². The van der Waals surface area contributed by atoms with Gasteiger partial charge >= 0.3 is 0 Å². The highest BCUT2D eigenvalue weighted by Gasteiger charge is 2.78. The number of likely N-dealkylation sites (tertiary alicyclic amines) is 1. The number of hydrogen-bond acceptors (Lipinski definition) is 5. The van der Waals surface area contributed by atoms with E-state index in [4.69, 9.17) is 4.74 Å². The Balaban J connectivity index is 1.56. The van der Waals surface area contributed by atoms with Gasteiger partial charge in [0.25, 0.3) is 5.91 Å². The van der Waals surface area contributed by atoms with Crippen LogP contribution in [-0.4, -0.2) is 76.1 Å². The number of rotatable bonds is 13. The Morgan fingerprint density at radius 1 is 1.05 bits per heavy atom. The first-order chi connectivity index (χ1) is 21.1. The maximum absolute atomic E-state index is 14.8. The fourth-order valence-electron chi connectivity index (χ4n) is 7.70. The first-order valence-electron chi connectivity index (χ1n) is 15.7. The van der Waals surface area contributed by atoms with E-state index in [2.05, 4.69) is 13.2 Å². The van der Waals surface area contributed by atoms with Gasteiger partial charge in [0, 0.05) is 38.5 Å². The molecule has 234 valence electrons. The van der Waals surface area contributed by atoms with Crippen molar-refractivity contribution in [3.05, 3.63) is 90.5 Å². The molecule has 3 aliphatic rings. The van der Waals surface area contributed by atoms with Gasteiger partial charge in [0.05, 0.1) is 17.4 Å². The zero-order chi connectivity index (χ0) is 31.6. The molecule has 2 bridgehead atoms. The van der Waals surface area contributed by atoms with Crippen molar-refractivity contribution in [1.29, 1.82) is 0 Å². The van der Waals surface area contributed by atoms with E-state index in [0.29, 0.717) is 45.3 Å². The van der Waals surface area contributed by atoms with Crippen LogP contribution in [0.15, 0.2) is 73.8 Å². The Morgan fingerprint density at radius 2 is 1.77 bits per heavy atom. The van der Waals surface area contributed by atoms with Gasteiger partial charge in [0.2, 0.25) is 11.8 Å². The Morgan fingerprint density at radius 3 is 2.45 bits per heavy atom. The van der Waals surface area contributed by atoms with E-state index in [0.717, 1.165) is 22.4 Å². The monoisotopic (exact) mass is 599 g/mol. The summed E-state index contributed by atoms with van der Waals surface area (Å²) >= 11 is 0. The third-order valence-electron chi connectivity index (χ3n) is 9.69. The van der Waals surface area contributed by atoms with E-state index in [1.54, 1.807) is 26.9 Å². The lowest BCUT2D eigenvalue weighted by Crippen LogP contribution is -2.56. The minimum Gasteiger partial charge on any atom is -0.396 e. The summed E-state index contributed by atoms with van der Waals surface area (Å²) in [5.74, 6) is -2.14. The molecule has 5 atom stereocenters. The molecule has 44 heavy (non-hydrogen) atoms. The summed E-state index contributed by atoms with van der Waals surface area (Å²) in [6.07, 6.45) is 5.51. The average molecular weight is 600 g/mol. The minimum atomic E-state index is -1.13. The molecule has 1 N–H and O–H groups in total. The quantitative estimate of drug-likeness (QED) is 0.269. The summed E-state index contributed by atoms with van der Waals surface area (Å²) < 4.78 is 6.88. The molecule has 3 heterocycles. The number of carbonyl (C=O) groups is 3. The van der Waals surface area contributed by atoms with Crippen LogP contribution in [0, 0.1) is 25.7 Å². The van der Waals surface area contributed by atoms with Crippen LogP contribution in [0.5, 0.6) is 0 Å². The number of carbonyl (C=O) groups excluding carboxylic acids is 3. The number of aliphatic hydroxyl groups excluding tert-OH is 1. The van der Waals surface area contributed by atoms with Crippen molar-refractivity contribution < 1.29 is 24.2 Å². The van der Waals surface area contributed by atoms with Gasteiger partial charge in [-0.05, 0) is 69.2 Å². The number of aliphatic hydroxyl groups is 1. The van der Waals surface area contributed by atoms with Crippen molar-refractivity contribution in [2.24, 2.45) is 11.8 Å². The third-order valence-corrected chi connectivity index (χ3v) is 9.69.